The van der Waals surface area contributed by atoms with Crippen molar-refractivity contribution in [2.45, 2.75) is 25.1 Å². The summed E-state index contributed by atoms with van der Waals surface area (Å²) in [4.78, 5) is -2.01. The van der Waals surface area contributed by atoms with Crippen LogP contribution >= 0.6 is 0 Å². The Labute approximate surface area is 65.1 Å². The molecule has 0 amide bonds. The predicted octanol–water partition coefficient (Wildman–Crippen LogP) is -1.57. The molecule has 0 saturated heterocycles. The smallest absolute Gasteiger partial charge is 0.297 e. The van der Waals surface area contributed by atoms with E-state index in [0.29, 0.717) is 0 Å². The number of nitrogens with one attached hydrogen (secondary N) is 1. The Morgan fingerprint density at radius 1 is 1.64 bits per heavy atom. The highest BCUT2D eigenvalue weighted by Gasteiger charge is 2.33. The van der Waals surface area contributed by atoms with E-state index in [2.05, 4.69) is 5.32 Å². The highest BCUT2D eigenvalue weighted by Crippen LogP contribution is 2.03. The fraction of sp³-hybridized carbons (Fsp3) is 1.00. The minimum absolute atomic E-state index is 1.04. The van der Waals surface area contributed by atoms with Crippen molar-refractivity contribution in [3.63, 3.8) is 0 Å². The van der Waals surface area contributed by atoms with Gasteiger partial charge in [0.25, 0.3) is 10.1 Å². The molecule has 0 spiro atoms. The second kappa shape index (κ2) is 3.03. The molecule has 0 rings (SSSR count). The van der Waals surface area contributed by atoms with E-state index in [4.69, 9.17) is 15.4 Å². The first-order chi connectivity index (χ1) is 4.67. The van der Waals surface area contributed by atoms with Gasteiger partial charge in [0, 0.05) is 0 Å². The second-order valence-electron chi connectivity index (χ2n) is 2.40. The fourth-order valence-electron chi connectivity index (χ4n) is 0.489. The molecule has 0 aromatic heterocycles. The molecule has 6 nitrogen and oxygen atoms in total. The third-order valence-corrected chi connectivity index (χ3v) is 2.22. The summed E-state index contributed by atoms with van der Waals surface area (Å²) in [5, 5.41) is 10.7. The van der Waals surface area contributed by atoms with Gasteiger partial charge in [-0.1, -0.05) is 0 Å². The quantitative estimate of drug-likeness (QED) is 0.311. The zero-order valence-electron chi connectivity index (χ0n) is 6.27. The van der Waals surface area contributed by atoms with E-state index in [9.17, 15) is 8.42 Å². The molecule has 7 heteroatoms. The Hall–Kier alpha value is -0.210. The summed E-state index contributed by atoms with van der Waals surface area (Å²) in [6, 6.07) is 0. The summed E-state index contributed by atoms with van der Waals surface area (Å²) in [6.07, 6.45) is -1.10. The van der Waals surface area contributed by atoms with Gasteiger partial charge in [0.1, 0.15) is 6.23 Å². The Balaban J connectivity index is 4.49. The van der Waals surface area contributed by atoms with Crippen molar-refractivity contribution in [1.82, 2.24) is 5.32 Å². The third kappa shape index (κ3) is 3.12. The zero-order valence-corrected chi connectivity index (χ0v) is 7.09. The Morgan fingerprint density at radius 2 is 2.00 bits per heavy atom. The van der Waals surface area contributed by atoms with Gasteiger partial charge in [-0.3, -0.25) is 15.6 Å². The van der Waals surface area contributed by atoms with E-state index in [1.165, 1.54) is 6.92 Å². The molecule has 0 bridgehead atoms. The molecule has 5 N–H and O–H groups in total. The Morgan fingerprint density at radius 3 is 2.09 bits per heavy atom. The largest absolute Gasteiger partial charge is 0.379 e. The SMILES string of the molecule is CC(O)NC(C)(N)S(=O)(=O)O. The van der Waals surface area contributed by atoms with Gasteiger partial charge >= 0.3 is 0 Å². The van der Waals surface area contributed by atoms with Gasteiger partial charge in [-0.2, -0.15) is 8.42 Å². The summed E-state index contributed by atoms with van der Waals surface area (Å²) >= 11 is 0. The first-order valence-electron chi connectivity index (χ1n) is 2.88. The van der Waals surface area contributed by atoms with E-state index < -0.39 is 21.3 Å². The number of aliphatic hydroxyl groups excluding tert-OH is 1. The van der Waals surface area contributed by atoms with Gasteiger partial charge in [-0.05, 0) is 13.8 Å². The highest BCUT2D eigenvalue weighted by atomic mass is 32.2. The van der Waals surface area contributed by atoms with Crippen molar-refractivity contribution in [2.75, 3.05) is 0 Å². The van der Waals surface area contributed by atoms with Crippen LogP contribution in [0.1, 0.15) is 13.8 Å². The van der Waals surface area contributed by atoms with Crippen molar-refractivity contribution in [3.8, 4) is 0 Å². The van der Waals surface area contributed by atoms with Crippen LogP contribution in [0.25, 0.3) is 0 Å². The normalized spacial score (nSPS) is 20.8. The molecule has 0 aromatic rings. The molecule has 11 heavy (non-hydrogen) atoms. The monoisotopic (exact) mass is 184 g/mol. The first-order valence-corrected chi connectivity index (χ1v) is 4.32. The Kier molecular flexibility index (Phi) is 2.98. The number of hydrogen-bond donors (Lipinski definition) is 4. The van der Waals surface area contributed by atoms with Crippen LogP contribution in [-0.2, 0) is 10.1 Å². The van der Waals surface area contributed by atoms with Crippen LogP contribution in [0.4, 0.5) is 0 Å². The standard InChI is InChI=1S/C4H12N2O4S/c1-3(7)6-4(2,5)11(8,9)10/h3,6-7H,5H2,1-2H3,(H,8,9,10). The van der Waals surface area contributed by atoms with Crippen molar-refractivity contribution in [3.05, 3.63) is 0 Å². The minimum atomic E-state index is -4.39. The van der Waals surface area contributed by atoms with E-state index in [-0.39, 0.29) is 0 Å². The predicted molar refractivity (Wildman–Crippen MR) is 39.0 cm³/mol. The van der Waals surface area contributed by atoms with Crippen LogP contribution in [0, 0.1) is 0 Å². The van der Waals surface area contributed by atoms with Gasteiger partial charge in [0.05, 0.1) is 0 Å². The number of aliphatic hydroxyl groups is 1. The van der Waals surface area contributed by atoms with Crippen LogP contribution in [0.3, 0.4) is 0 Å². The maximum absolute atomic E-state index is 10.4. The lowest BCUT2D eigenvalue weighted by atomic mass is 10.5. The fourth-order valence-corrected chi connectivity index (χ4v) is 0.809. The van der Waals surface area contributed by atoms with Crippen molar-refractivity contribution in [1.29, 1.82) is 0 Å². The van der Waals surface area contributed by atoms with Crippen molar-refractivity contribution >= 4 is 10.1 Å². The molecule has 0 aromatic carbocycles. The molecule has 0 radical (unpaired) electrons. The van der Waals surface area contributed by atoms with Gasteiger partial charge in [-0.25, -0.2) is 0 Å². The topological polar surface area (TPSA) is 113 Å². The maximum atomic E-state index is 10.4. The van der Waals surface area contributed by atoms with E-state index in [0.717, 1.165) is 6.92 Å². The third-order valence-electron chi connectivity index (χ3n) is 1.03. The number of nitrogens with two attached hydrogens (primary N) is 1. The number of rotatable bonds is 3. The molecule has 68 valence electrons. The molecule has 0 saturated carbocycles. The lowest BCUT2D eigenvalue weighted by molar-refractivity contribution is 0.132. The molecular weight excluding hydrogens is 172 g/mol. The summed E-state index contributed by atoms with van der Waals surface area (Å²) < 4.78 is 29.4. The number of hydrogen-bond acceptors (Lipinski definition) is 5. The van der Waals surface area contributed by atoms with Crippen LogP contribution in [0.2, 0.25) is 0 Å². The van der Waals surface area contributed by atoms with E-state index in [1.54, 1.807) is 0 Å². The minimum Gasteiger partial charge on any atom is -0.379 e. The average Bonchev–Trinajstić information content (AvgIpc) is 1.56. The summed E-state index contributed by atoms with van der Waals surface area (Å²) in [5.74, 6) is 0. The van der Waals surface area contributed by atoms with Crippen LogP contribution < -0.4 is 11.1 Å². The summed E-state index contributed by atoms with van der Waals surface area (Å²) in [7, 11) is -4.39. The molecule has 0 aliphatic carbocycles. The van der Waals surface area contributed by atoms with Gasteiger partial charge < -0.3 is 5.11 Å². The lowest BCUT2D eigenvalue weighted by Gasteiger charge is -2.23. The molecule has 2 atom stereocenters. The van der Waals surface area contributed by atoms with E-state index >= 15 is 0 Å². The average molecular weight is 184 g/mol. The molecule has 0 fully saturated rings. The summed E-state index contributed by atoms with van der Waals surface area (Å²) in [6.45, 7) is 2.32. The van der Waals surface area contributed by atoms with Gasteiger partial charge in [0.15, 0.2) is 4.99 Å². The zero-order chi connectivity index (χ0) is 9.28. The van der Waals surface area contributed by atoms with Crippen LogP contribution in [-0.4, -0.2) is 29.3 Å². The molecule has 0 aliphatic rings. The lowest BCUT2D eigenvalue weighted by Crippen LogP contribution is -2.59. The second-order valence-corrected chi connectivity index (χ2v) is 4.20. The molecule has 2 unspecified atom stereocenters. The van der Waals surface area contributed by atoms with Gasteiger partial charge in [0.2, 0.25) is 0 Å². The van der Waals surface area contributed by atoms with Crippen molar-refractivity contribution in [2.24, 2.45) is 5.73 Å². The van der Waals surface area contributed by atoms with E-state index in [1.807, 2.05) is 0 Å². The first kappa shape index (κ1) is 10.8. The molecule has 0 heterocycles. The highest BCUT2D eigenvalue weighted by molar-refractivity contribution is 7.87. The molecule has 0 aliphatic heterocycles. The maximum Gasteiger partial charge on any atom is 0.297 e. The summed E-state index contributed by atoms with van der Waals surface area (Å²) in [5.41, 5.74) is 5.09. The van der Waals surface area contributed by atoms with Crippen LogP contribution in [0.5, 0.6) is 0 Å². The van der Waals surface area contributed by atoms with Crippen molar-refractivity contribution < 1.29 is 18.1 Å². The Bertz CT molecular complexity index is 220. The molecular formula is C4H12N2O4S. The van der Waals surface area contributed by atoms with Crippen LogP contribution in [0.15, 0.2) is 0 Å². The van der Waals surface area contributed by atoms with Gasteiger partial charge in [-0.15, -0.1) is 0 Å².